The van der Waals surface area contributed by atoms with Crippen molar-refractivity contribution >= 4 is 5.97 Å². The molecule has 1 aliphatic heterocycles. The van der Waals surface area contributed by atoms with Crippen molar-refractivity contribution in [2.24, 2.45) is 0 Å². The van der Waals surface area contributed by atoms with E-state index in [-0.39, 0.29) is 5.76 Å². The van der Waals surface area contributed by atoms with E-state index < -0.39 is 5.97 Å². The highest BCUT2D eigenvalue weighted by Gasteiger charge is 2.35. The van der Waals surface area contributed by atoms with Gasteiger partial charge in [0.15, 0.2) is 0 Å². The molecule has 0 bridgehead atoms. The third kappa shape index (κ3) is 12.3. The van der Waals surface area contributed by atoms with Crippen molar-refractivity contribution in [3.63, 3.8) is 0 Å². The maximum Gasteiger partial charge on any atom is 0.328 e. The van der Waals surface area contributed by atoms with E-state index in [0.717, 1.165) is 25.3 Å². The Morgan fingerprint density at radius 2 is 1.46 bits per heavy atom. The van der Waals surface area contributed by atoms with E-state index in [1.165, 1.54) is 38.2 Å². The number of carboxylic acid groups (broad SMARTS) is 1. The lowest BCUT2D eigenvalue weighted by Crippen LogP contribution is -1.92. The third-order valence-corrected chi connectivity index (χ3v) is 4.20. The topological polar surface area (TPSA) is 70.1 Å². The molecule has 0 aliphatic carbocycles. The molecule has 2 unspecified atom stereocenters. The maximum absolute atomic E-state index is 10.2. The first-order chi connectivity index (χ1) is 12.6. The van der Waals surface area contributed by atoms with Crippen LogP contribution in [0.25, 0.3) is 0 Å². The van der Waals surface area contributed by atoms with E-state index in [9.17, 15) is 9.90 Å². The Balaban J connectivity index is 1.98. The average Bonchev–Trinajstić information content (AvgIpc) is 3.38. The normalized spacial score (nSPS) is 20.9. The number of epoxide rings is 1. The third-order valence-electron chi connectivity index (χ3n) is 4.20. The fraction of sp³-hybridized carbons (Fsp3) is 0.500. The number of unbranched alkanes of at least 4 members (excludes halogenated alkanes) is 5. The quantitative estimate of drug-likeness (QED) is 0.138. The predicted octanol–water partition coefficient (Wildman–Crippen LogP) is 5.65. The minimum atomic E-state index is -0.966. The highest BCUT2D eigenvalue weighted by Crippen LogP contribution is 2.29. The zero-order chi connectivity index (χ0) is 19.0. The Kier molecular flexibility index (Phi) is 11.9. The molecule has 1 saturated heterocycles. The number of carbonyl (C=O) groups is 1. The number of hydrogen-bond donors (Lipinski definition) is 2. The Morgan fingerprint density at radius 3 is 2.12 bits per heavy atom. The second-order valence-corrected chi connectivity index (χ2v) is 6.42. The Hall–Kier alpha value is -2.07. The van der Waals surface area contributed by atoms with Crippen molar-refractivity contribution in [2.75, 3.05) is 0 Å². The standard InChI is InChI=1S/C22H32O4/c1-2-20-21(26-20)17-13-9-5-3-7-11-15-19(23)16-12-8-4-6-10-14-18-22(24)25/h4,6,8,10,12,14-16,18,20-21,23H,2-3,5,7,9,11,13,17H2,1H3,(H,24,25)/b8-4+,10-6+,16-12+,18-14+,19-15-. The lowest BCUT2D eigenvalue weighted by molar-refractivity contribution is -0.131. The summed E-state index contributed by atoms with van der Waals surface area (Å²) < 4.78 is 5.54. The van der Waals surface area contributed by atoms with Gasteiger partial charge in [0.2, 0.25) is 0 Å². The molecule has 4 heteroatoms. The average molecular weight is 360 g/mol. The van der Waals surface area contributed by atoms with Gasteiger partial charge in [0.25, 0.3) is 0 Å². The summed E-state index contributed by atoms with van der Waals surface area (Å²) in [5, 5.41) is 18.1. The number of allylic oxidation sites excluding steroid dienone is 8. The molecule has 0 amide bonds. The Bertz CT molecular complexity index is 540. The van der Waals surface area contributed by atoms with Crippen molar-refractivity contribution in [1.29, 1.82) is 0 Å². The van der Waals surface area contributed by atoms with Gasteiger partial charge in [-0.2, -0.15) is 0 Å². The van der Waals surface area contributed by atoms with Gasteiger partial charge in [-0.05, 0) is 37.8 Å². The summed E-state index contributed by atoms with van der Waals surface area (Å²) in [7, 11) is 0. The summed E-state index contributed by atoms with van der Waals surface area (Å²) in [6, 6.07) is 0. The molecule has 2 N–H and O–H groups in total. The summed E-state index contributed by atoms with van der Waals surface area (Å²) in [5.41, 5.74) is 0. The second kappa shape index (κ2) is 14.1. The predicted molar refractivity (Wildman–Crippen MR) is 106 cm³/mol. The molecule has 1 aliphatic rings. The number of aliphatic carboxylic acids is 1. The Morgan fingerprint density at radius 1 is 0.846 bits per heavy atom. The molecule has 26 heavy (non-hydrogen) atoms. The minimum Gasteiger partial charge on any atom is -0.508 e. The van der Waals surface area contributed by atoms with E-state index >= 15 is 0 Å². The van der Waals surface area contributed by atoms with Gasteiger partial charge in [-0.1, -0.05) is 69.1 Å². The van der Waals surface area contributed by atoms with Crippen molar-refractivity contribution in [1.82, 2.24) is 0 Å². The van der Waals surface area contributed by atoms with E-state index in [4.69, 9.17) is 9.84 Å². The molecule has 144 valence electrons. The molecular formula is C22H32O4. The van der Waals surface area contributed by atoms with Gasteiger partial charge in [-0.25, -0.2) is 4.79 Å². The largest absolute Gasteiger partial charge is 0.508 e. The molecule has 0 spiro atoms. The first-order valence-corrected chi connectivity index (χ1v) is 9.59. The minimum absolute atomic E-state index is 0.279. The smallest absolute Gasteiger partial charge is 0.328 e. The molecular weight excluding hydrogens is 328 g/mol. The zero-order valence-electron chi connectivity index (χ0n) is 15.7. The van der Waals surface area contributed by atoms with E-state index in [1.54, 1.807) is 36.5 Å². The van der Waals surface area contributed by atoms with Gasteiger partial charge in [0.1, 0.15) is 5.76 Å². The van der Waals surface area contributed by atoms with Crippen molar-refractivity contribution < 1.29 is 19.7 Å². The van der Waals surface area contributed by atoms with E-state index in [0.29, 0.717) is 12.2 Å². The van der Waals surface area contributed by atoms with Crippen LogP contribution in [0.1, 0.15) is 58.3 Å². The molecule has 0 radical (unpaired) electrons. The van der Waals surface area contributed by atoms with Crippen molar-refractivity contribution in [3.05, 3.63) is 60.4 Å². The van der Waals surface area contributed by atoms with Crippen molar-refractivity contribution in [3.8, 4) is 0 Å². The number of hydrogen-bond acceptors (Lipinski definition) is 3. The van der Waals surface area contributed by atoms with Gasteiger partial charge in [0, 0.05) is 6.08 Å². The fourth-order valence-electron chi connectivity index (χ4n) is 2.68. The van der Waals surface area contributed by atoms with Gasteiger partial charge in [-0.15, -0.1) is 0 Å². The molecule has 0 aromatic carbocycles. The van der Waals surface area contributed by atoms with Crippen LogP contribution in [0.3, 0.4) is 0 Å². The zero-order valence-corrected chi connectivity index (χ0v) is 15.7. The Labute approximate surface area is 157 Å². The number of aliphatic hydroxyl groups is 1. The van der Waals surface area contributed by atoms with Crippen LogP contribution >= 0.6 is 0 Å². The molecule has 1 fully saturated rings. The molecule has 4 nitrogen and oxygen atoms in total. The van der Waals surface area contributed by atoms with Crippen LogP contribution in [-0.2, 0) is 9.53 Å². The summed E-state index contributed by atoms with van der Waals surface area (Å²) in [6.45, 7) is 2.18. The van der Waals surface area contributed by atoms with Crippen LogP contribution < -0.4 is 0 Å². The summed E-state index contributed by atoms with van der Waals surface area (Å²) in [4.78, 5) is 10.2. The lowest BCUT2D eigenvalue weighted by Gasteiger charge is -1.99. The van der Waals surface area contributed by atoms with Crippen LogP contribution in [0.15, 0.2) is 60.4 Å². The molecule has 1 rings (SSSR count). The molecule has 0 aromatic rings. The summed E-state index contributed by atoms with van der Waals surface area (Å²) in [6.07, 6.45) is 25.1. The van der Waals surface area contributed by atoms with Crippen LogP contribution in [0.4, 0.5) is 0 Å². The maximum atomic E-state index is 10.2. The van der Waals surface area contributed by atoms with Gasteiger partial charge >= 0.3 is 5.97 Å². The summed E-state index contributed by atoms with van der Waals surface area (Å²) >= 11 is 0. The van der Waals surface area contributed by atoms with Gasteiger partial charge < -0.3 is 14.9 Å². The number of aliphatic hydroxyl groups excluding tert-OH is 1. The van der Waals surface area contributed by atoms with Crippen molar-refractivity contribution in [2.45, 2.75) is 70.5 Å². The molecule has 2 atom stereocenters. The summed E-state index contributed by atoms with van der Waals surface area (Å²) in [5.74, 6) is -0.688. The first-order valence-electron chi connectivity index (χ1n) is 9.59. The highest BCUT2D eigenvalue weighted by atomic mass is 16.6. The molecule has 0 saturated carbocycles. The van der Waals surface area contributed by atoms with E-state index in [2.05, 4.69) is 6.92 Å². The molecule has 0 aromatic heterocycles. The molecule has 1 heterocycles. The van der Waals surface area contributed by atoms with Crippen LogP contribution in [0.5, 0.6) is 0 Å². The fourth-order valence-corrected chi connectivity index (χ4v) is 2.68. The van der Waals surface area contributed by atoms with E-state index in [1.807, 2.05) is 6.08 Å². The number of rotatable bonds is 14. The van der Waals surface area contributed by atoms with Crippen LogP contribution in [-0.4, -0.2) is 28.4 Å². The van der Waals surface area contributed by atoms with Gasteiger partial charge in [-0.3, -0.25) is 0 Å². The second-order valence-electron chi connectivity index (χ2n) is 6.42. The van der Waals surface area contributed by atoms with Crippen LogP contribution in [0, 0.1) is 0 Å². The highest BCUT2D eigenvalue weighted by molar-refractivity contribution is 5.80. The number of carboxylic acids is 1. The van der Waals surface area contributed by atoms with Gasteiger partial charge in [0.05, 0.1) is 12.2 Å². The lowest BCUT2D eigenvalue weighted by atomic mass is 10.1. The number of ether oxygens (including phenoxy) is 1. The SMILES string of the molecule is CCC1OC1CCCCCCC/C=C(O)/C=C/C=C/C=C/C=C/C(=O)O. The monoisotopic (exact) mass is 360 g/mol. The first kappa shape index (κ1) is 22.0. The van der Waals surface area contributed by atoms with Crippen LogP contribution in [0.2, 0.25) is 0 Å².